The lowest BCUT2D eigenvalue weighted by molar-refractivity contribution is 0.283. The zero-order valence-electron chi connectivity index (χ0n) is 17.2. The van der Waals surface area contributed by atoms with E-state index < -0.39 is 0 Å². The summed E-state index contributed by atoms with van der Waals surface area (Å²) in [5, 5.41) is 0. The number of unbranched alkanes of at least 4 members (excludes halogenated alkanes) is 1. The molecule has 0 atom stereocenters. The summed E-state index contributed by atoms with van der Waals surface area (Å²) in [6.45, 7) is 1.98. The number of rotatable bonds is 10. The molecule has 0 fully saturated rings. The van der Waals surface area contributed by atoms with Crippen LogP contribution in [0.1, 0.15) is 18.7 Å². The predicted molar refractivity (Wildman–Crippen MR) is 118 cm³/mol. The van der Waals surface area contributed by atoms with Crippen molar-refractivity contribution < 1.29 is 14.2 Å². The number of fused-ring (bicyclic) bond motifs is 1. The average Bonchev–Trinajstić information content (AvgIpc) is 3.16. The van der Waals surface area contributed by atoms with E-state index in [0.29, 0.717) is 13.2 Å². The van der Waals surface area contributed by atoms with Crippen LogP contribution in [-0.4, -0.2) is 23.3 Å². The molecule has 4 aromatic rings. The predicted octanol–water partition coefficient (Wildman–Crippen LogP) is 5.48. The Morgan fingerprint density at radius 2 is 1.53 bits per heavy atom. The highest BCUT2D eigenvalue weighted by molar-refractivity contribution is 5.75. The highest BCUT2D eigenvalue weighted by atomic mass is 16.5. The van der Waals surface area contributed by atoms with E-state index in [1.807, 2.05) is 72.8 Å². The minimum atomic E-state index is 0.405. The second-order valence-electron chi connectivity index (χ2n) is 7.00. The fraction of sp³-hybridized carbons (Fsp3) is 0.240. The average molecular weight is 402 g/mol. The molecule has 0 aliphatic carbocycles. The van der Waals surface area contributed by atoms with E-state index in [-0.39, 0.29) is 0 Å². The van der Waals surface area contributed by atoms with Crippen LogP contribution in [0.15, 0.2) is 78.9 Å². The largest absolute Gasteiger partial charge is 0.497 e. The summed E-state index contributed by atoms with van der Waals surface area (Å²) in [6.07, 6.45) is 1.97. The number of aryl methyl sites for hydroxylation is 1. The van der Waals surface area contributed by atoms with Crippen molar-refractivity contribution in [3.05, 3.63) is 84.7 Å². The van der Waals surface area contributed by atoms with E-state index in [1.165, 1.54) is 0 Å². The van der Waals surface area contributed by atoms with Gasteiger partial charge in [0.05, 0.1) is 24.8 Å². The van der Waals surface area contributed by atoms with Crippen molar-refractivity contribution >= 4 is 11.0 Å². The van der Waals surface area contributed by atoms with Crippen molar-refractivity contribution in [3.63, 3.8) is 0 Å². The number of benzene rings is 3. The topological polar surface area (TPSA) is 45.5 Å². The van der Waals surface area contributed by atoms with Gasteiger partial charge in [-0.15, -0.1) is 0 Å². The van der Waals surface area contributed by atoms with E-state index in [9.17, 15) is 0 Å². The number of nitrogens with zero attached hydrogens (tertiary/aromatic N) is 2. The zero-order chi connectivity index (χ0) is 20.6. The van der Waals surface area contributed by atoms with Crippen LogP contribution in [0.5, 0.6) is 17.2 Å². The number of aromatic nitrogens is 2. The molecule has 0 bridgehead atoms. The summed E-state index contributed by atoms with van der Waals surface area (Å²) in [5.74, 6) is 3.38. The Labute approximate surface area is 176 Å². The van der Waals surface area contributed by atoms with Crippen molar-refractivity contribution in [1.29, 1.82) is 0 Å². The summed E-state index contributed by atoms with van der Waals surface area (Å²) < 4.78 is 19.3. The smallest absolute Gasteiger partial charge is 0.147 e. The first-order valence-corrected chi connectivity index (χ1v) is 10.2. The molecule has 0 spiro atoms. The highest BCUT2D eigenvalue weighted by Crippen LogP contribution is 2.22. The van der Waals surface area contributed by atoms with E-state index >= 15 is 0 Å². The molecule has 154 valence electrons. The lowest BCUT2D eigenvalue weighted by Crippen LogP contribution is -2.09. The van der Waals surface area contributed by atoms with Crippen molar-refractivity contribution in [1.82, 2.24) is 9.55 Å². The number of para-hydroxylation sites is 3. The van der Waals surface area contributed by atoms with Crippen LogP contribution in [0.4, 0.5) is 0 Å². The maximum absolute atomic E-state index is 6.00. The van der Waals surface area contributed by atoms with E-state index in [1.54, 1.807) is 7.11 Å². The molecule has 0 saturated carbocycles. The van der Waals surface area contributed by atoms with Crippen LogP contribution < -0.4 is 14.2 Å². The van der Waals surface area contributed by atoms with Crippen LogP contribution in [-0.2, 0) is 13.2 Å². The standard InChI is InChI=1S/C25H26N2O3/c1-28-21-12-9-13-22(18-21)30-19-25-26-23-14-5-6-15-24(23)27(25)16-7-8-17-29-20-10-3-2-4-11-20/h2-6,9-15,18H,7-8,16-17,19H2,1H3. The van der Waals surface area contributed by atoms with Gasteiger partial charge in [0.15, 0.2) is 0 Å². The Kier molecular flexibility index (Phi) is 6.50. The number of methoxy groups -OCH3 is 1. The van der Waals surface area contributed by atoms with Gasteiger partial charge in [0.25, 0.3) is 0 Å². The Morgan fingerprint density at radius 3 is 2.40 bits per heavy atom. The second kappa shape index (κ2) is 9.83. The Hall–Kier alpha value is -3.47. The molecule has 0 aliphatic heterocycles. The minimum absolute atomic E-state index is 0.405. The summed E-state index contributed by atoms with van der Waals surface area (Å²) >= 11 is 0. The minimum Gasteiger partial charge on any atom is -0.497 e. The molecular weight excluding hydrogens is 376 g/mol. The molecule has 5 nitrogen and oxygen atoms in total. The molecule has 1 heterocycles. The van der Waals surface area contributed by atoms with Gasteiger partial charge >= 0.3 is 0 Å². The first-order valence-electron chi connectivity index (χ1n) is 10.2. The summed E-state index contributed by atoms with van der Waals surface area (Å²) in [6, 6.07) is 25.8. The first-order chi connectivity index (χ1) is 14.8. The summed E-state index contributed by atoms with van der Waals surface area (Å²) in [4.78, 5) is 4.79. The van der Waals surface area contributed by atoms with Gasteiger partial charge in [0.2, 0.25) is 0 Å². The lowest BCUT2D eigenvalue weighted by Gasteiger charge is -2.11. The fourth-order valence-electron chi connectivity index (χ4n) is 3.40. The third-order valence-corrected chi connectivity index (χ3v) is 4.93. The number of hydrogen-bond donors (Lipinski definition) is 0. The normalized spacial score (nSPS) is 10.8. The van der Waals surface area contributed by atoms with Crippen molar-refractivity contribution in [2.24, 2.45) is 0 Å². The third kappa shape index (κ3) is 4.92. The maximum Gasteiger partial charge on any atom is 0.147 e. The fourth-order valence-corrected chi connectivity index (χ4v) is 3.40. The first kappa shape index (κ1) is 19.8. The van der Waals surface area contributed by atoms with Crippen LogP contribution in [0.25, 0.3) is 11.0 Å². The lowest BCUT2D eigenvalue weighted by atomic mass is 10.3. The molecule has 0 radical (unpaired) electrons. The van der Waals surface area contributed by atoms with Gasteiger partial charge < -0.3 is 18.8 Å². The van der Waals surface area contributed by atoms with Gasteiger partial charge in [-0.1, -0.05) is 36.4 Å². The Balaban J connectivity index is 1.39. The Bertz CT molecular complexity index is 1080. The van der Waals surface area contributed by atoms with Gasteiger partial charge in [-0.2, -0.15) is 0 Å². The van der Waals surface area contributed by atoms with Crippen LogP contribution in [0, 0.1) is 0 Å². The molecule has 5 heteroatoms. The molecule has 4 rings (SSSR count). The molecule has 0 amide bonds. The molecular formula is C25H26N2O3. The van der Waals surface area contributed by atoms with E-state index in [0.717, 1.165) is 53.5 Å². The van der Waals surface area contributed by atoms with Crippen molar-refractivity contribution in [2.75, 3.05) is 13.7 Å². The molecule has 30 heavy (non-hydrogen) atoms. The van der Waals surface area contributed by atoms with Crippen molar-refractivity contribution in [3.8, 4) is 17.2 Å². The van der Waals surface area contributed by atoms with Gasteiger partial charge in [-0.3, -0.25) is 0 Å². The van der Waals surface area contributed by atoms with Gasteiger partial charge in [0, 0.05) is 12.6 Å². The maximum atomic E-state index is 6.00. The Morgan fingerprint density at radius 1 is 0.767 bits per heavy atom. The van der Waals surface area contributed by atoms with Crippen LogP contribution >= 0.6 is 0 Å². The number of imidazole rings is 1. The molecule has 0 aliphatic rings. The molecule has 0 saturated heterocycles. The second-order valence-corrected chi connectivity index (χ2v) is 7.00. The summed E-state index contributed by atoms with van der Waals surface area (Å²) in [7, 11) is 1.65. The molecule has 0 N–H and O–H groups in total. The van der Waals surface area contributed by atoms with Gasteiger partial charge in [-0.05, 0) is 49.2 Å². The highest BCUT2D eigenvalue weighted by Gasteiger charge is 2.11. The van der Waals surface area contributed by atoms with E-state index in [2.05, 4.69) is 10.6 Å². The van der Waals surface area contributed by atoms with E-state index in [4.69, 9.17) is 19.2 Å². The van der Waals surface area contributed by atoms with Gasteiger partial charge in [-0.25, -0.2) is 4.98 Å². The SMILES string of the molecule is COc1cccc(OCc2nc3ccccc3n2CCCCOc2ccccc2)c1. The molecule has 1 aromatic heterocycles. The summed E-state index contributed by atoms with van der Waals surface area (Å²) in [5.41, 5.74) is 2.12. The number of ether oxygens (including phenoxy) is 3. The van der Waals surface area contributed by atoms with Gasteiger partial charge in [0.1, 0.15) is 29.7 Å². The number of hydrogen-bond acceptors (Lipinski definition) is 4. The molecule has 0 unspecified atom stereocenters. The quantitative estimate of drug-likeness (QED) is 0.329. The molecule has 3 aromatic carbocycles. The zero-order valence-corrected chi connectivity index (χ0v) is 17.2. The third-order valence-electron chi connectivity index (χ3n) is 4.93. The van der Waals surface area contributed by atoms with Crippen LogP contribution in [0.3, 0.4) is 0 Å². The van der Waals surface area contributed by atoms with Crippen molar-refractivity contribution in [2.45, 2.75) is 26.0 Å². The monoisotopic (exact) mass is 402 g/mol. The van der Waals surface area contributed by atoms with Crippen LogP contribution in [0.2, 0.25) is 0 Å².